The van der Waals surface area contributed by atoms with E-state index in [2.05, 4.69) is 31.0 Å². The van der Waals surface area contributed by atoms with Gasteiger partial charge in [0.25, 0.3) is 0 Å². The van der Waals surface area contributed by atoms with Gasteiger partial charge in [0.05, 0.1) is 6.04 Å². The predicted octanol–water partition coefficient (Wildman–Crippen LogP) is 1.25. The van der Waals surface area contributed by atoms with Crippen molar-refractivity contribution in [3.63, 3.8) is 0 Å². The molecule has 1 atom stereocenters. The summed E-state index contributed by atoms with van der Waals surface area (Å²) in [5, 5.41) is 22.9. The minimum atomic E-state index is -0.726. The van der Waals surface area contributed by atoms with E-state index in [1.165, 1.54) is 6.33 Å². The molecule has 0 saturated heterocycles. The maximum absolute atomic E-state index is 13.2. The van der Waals surface area contributed by atoms with Crippen molar-refractivity contribution in [1.82, 2.24) is 40.1 Å². The van der Waals surface area contributed by atoms with Crippen LogP contribution in [0.1, 0.15) is 50.9 Å². The van der Waals surface area contributed by atoms with E-state index in [0.29, 0.717) is 5.82 Å². The Kier molecular flexibility index (Phi) is 3.90. The van der Waals surface area contributed by atoms with Crippen molar-refractivity contribution < 1.29 is 4.79 Å². The molecule has 0 aromatic carbocycles. The number of nitrogens with one attached hydrogen (secondary N) is 1. The lowest BCUT2D eigenvalue weighted by Gasteiger charge is -2.35. The molecule has 1 aliphatic carbocycles. The van der Waals surface area contributed by atoms with Gasteiger partial charge in [-0.3, -0.25) is 9.20 Å². The lowest BCUT2D eigenvalue weighted by molar-refractivity contribution is -0.133. The van der Waals surface area contributed by atoms with Crippen molar-refractivity contribution in [3.8, 4) is 0 Å². The number of tetrazole rings is 1. The maximum Gasteiger partial charge on any atom is 0.248 e. The van der Waals surface area contributed by atoms with Crippen LogP contribution >= 0.6 is 0 Å². The van der Waals surface area contributed by atoms with Crippen LogP contribution < -0.4 is 5.32 Å². The summed E-state index contributed by atoms with van der Waals surface area (Å²) < 4.78 is 3.49. The van der Waals surface area contributed by atoms with Crippen LogP contribution in [0.25, 0.3) is 5.65 Å². The van der Waals surface area contributed by atoms with E-state index < -0.39 is 5.54 Å². The quantitative estimate of drug-likeness (QED) is 0.767. The Morgan fingerprint density at radius 2 is 2.08 bits per heavy atom. The second kappa shape index (κ2) is 6.23. The summed E-state index contributed by atoms with van der Waals surface area (Å²) in [6.45, 7) is 1.91. The zero-order valence-corrected chi connectivity index (χ0v) is 14.0. The Balaban J connectivity index is 1.61. The molecule has 0 unspecified atom stereocenters. The number of rotatable bonds is 4. The Morgan fingerprint density at radius 1 is 1.24 bits per heavy atom. The zero-order valence-electron chi connectivity index (χ0n) is 14.0. The number of carbonyl (C=O) groups is 1. The SMILES string of the molecule is C[C@H](NC(=O)C1(n2cnnn2)CCCCC1)c1nnc2ccccn12. The third kappa shape index (κ3) is 2.65. The van der Waals surface area contributed by atoms with Gasteiger partial charge in [-0.05, 0) is 42.3 Å². The Bertz CT molecular complexity index is 865. The first-order valence-electron chi connectivity index (χ1n) is 8.55. The van der Waals surface area contributed by atoms with Crippen LogP contribution in [0.2, 0.25) is 0 Å². The van der Waals surface area contributed by atoms with E-state index in [4.69, 9.17) is 0 Å². The molecule has 3 aromatic heterocycles. The van der Waals surface area contributed by atoms with Gasteiger partial charge in [0, 0.05) is 6.20 Å². The van der Waals surface area contributed by atoms with Gasteiger partial charge in [-0.1, -0.05) is 25.3 Å². The van der Waals surface area contributed by atoms with Gasteiger partial charge in [-0.25, -0.2) is 4.68 Å². The average Bonchev–Trinajstić information content (AvgIpc) is 3.32. The highest BCUT2D eigenvalue weighted by Crippen LogP contribution is 2.35. The van der Waals surface area contributed by atoms with Crippen LogP contribution in [0.4, 0.5) is 0 Å². The number of aromatic nitrogens is 7. The molecular weight excluding hydrogens is 320 g/mol. The smallest absolute Gasteiger partial charge is 0.248 e. The summed E-state index contributed by atoms with van der Waals surface area (Å²) in [5.74, 6) is 0.631. The fourth-order valence-corrected chi connectivity index (χ4v) is 3.60. The van der Waals surface area contributed by atoms with Crippen LogP contribution in [0, 0.1) is 0 Å². The highest BCUT2D eigenvalue weighted by molar-refractivity contribution is 5.84. The molecule has 25 heavy (non-hydrogen) atoms. The fraction of sp³-hybridized carbons (Fsp3) is 0.500. The number of carbonyl (C=O) groups excluding carboxylic acids is 1. The third-order valence-electron chi connectivity index (χ3n) is 4.97. The largest absolute Gasteiger partial charge is 0.344 e. The van der Waals surface area contributed by atoms with Crippen LogP contribution in [0.5, 0.6) is 0 Å². The molecule has 0 aliphatic heterocycles. The molecule has 1 saturated carbocycles. The van der Waals surface area contributed by atoms with Gasteiger partial charge in [0.1, 0.15) is 11.9 Å². The van der Waals surface area contributed by atoms with Crippen LogP contribution in [0.15, 0.2) is 30.7 Å². The first kappa shape index (κ1) is 15.7. The molecule has 3 heterocycles. The first-order valence-corrected chi connectivity index (χ1v) is 8.55. The molecule has 1 fully saturated rings. The Morgan fingerprint density at radius 3 is 2.84 bits per heavy atom. The normalized spacial score (nSPS) is 18.1. The second-order valence-electron chi connectivity index (χ2n) is 6.53. The van der Waals surface area contributed by atoms with Gasteiger partial charge in [0.2, 0.25) is 5.91 Å². The highest BCUT2D eigenvalue weighted by atomic mass is 16.2. The summed E-state index contributed by atoms with van der Waals surface area (Å²) in [6.07, 6.45) is 7.98. The van der Waals surface area contributed by atoms with Crippen molar-refractivity contribution in [3.05, 3.63) is 36.5 Å². The third-order valence-corrected chi connectivity index (χ3v) is 4.97. The molecule has 9 heteroatoms. The predicted molar refractivity (Wildman–Crippen MR) is 88.4 cm³/mol. The maximum atomic E-state index is 13.2. The summed E-state index contributed by atoms with van der Waals surface area (Å²) >= 11 is 0. The van der Waals surface area contributed by atoms with Crippen molar-refractivity contribution in [2.24, 2.45) is 0 Å². The first-order chi connectivity index (χ1) is 12.2. The second-order valence-corrected chi connectivity index (χ2v) is 6.53. The van der Waals surface area contributed by atoms with Gasteiger partial charge in [-0.2, -0.15) is 0 Å². The fourth-order valence-electron chi connectivity index (χ4n) is 3.60. The topological polar surface area (TPSA) is 103 Å². The molecule has 1 aliphatic rings. The number of hydrogen-bond acceptors (Lipinski definition) is 6. The van der Waals surface area contributed by atoms with E-state index >= 15 is 0 Å². The number of fused-ring (bicyclic) bond motifs is 1. The lowest BCUT2D eigenvalue weighted by Crippen LogP contribution is -2.51. The van der Waals surface area contributed by atoms with E-state index in [1.807, 2.05) is 35.7 Å². The van der Waals surface area contributed by atoms with Gasteiger partial charge >= 0.3 is 0 Å². The molecule has 0 radical (unpaired) electrons. The number of nitrogens with zero attached hydrogens (tertiary/aromatic N) is 7. The van der Waals surface area contributed by atoms with E-state index in [-0.39, 0.29) is 11.9 Å². The average molecular weight is 340 g/mol. The minimum Gasteiger partial charge on any atom is -0.344 e. The lowest BCUT2D eigenvalue weighted by atomic mass is 9.81. The molecule has 0 bridgehead atoms. The molecule has 0 spiro atoms. The van der Waals surface area contributed by atoms with E-state index in [9.17, 15) is 4.79 Å². The summed E-state index contributed by atoms with van der Waals surface area (Å²) in [5.41, 5.74) is 0.0303. The molecule has 130 valence electrons. The number of pyridine rings is 1. The molecule has 9 nitrogen and oxygen atoms in total. The number of amides is 1. The van der Waals surface area contributed by atoms with Gasteiger partial charge in [0.15, 0.2) is 11.5 Å². The van der Waals surface area contributed by atoms with Crippen molar-refractivity contribution in [1.29, 1.82) is 0 Å². The molecule has 1 amide bonds. The zero-order chi connectivity index (χ0) is 17.3. The standard InChI is InChI=1S/C16H20N8O/c1-12(14-20-19-13-7-3-6-10-23(13)14)18-15(25)16(8-4-2-5-9-16)24-11-17-21-22-24/h3,6-7,10-12H,2,4-5,8-9H2,1H3,(H,18,25)/t12-/m0/s1. The van der Waals surface area contributed by atoms with E-state index in [1.54, 1.807) is 4.68 Å². The highest BCUT2D eigenvalue weighted by Gasteiger charge is 2.43. The van der Waals surface area contributed by atoms with Crippen molar-refractivity contribution in [2.45, 2.75) is 50.6 Å². The van der Waals surface area contributed by atoms with Crippen molar-refractivity contribution in [2.75, 3.05) is 0 Å². The monoisotopic (exact) mass is 340 g/mol. The van der Waals surface area contributed by atoms with Crippen molar-refractivity contribution >= 4 is 11.6 Å². The van der Waals surface area contributed by atoms with Crippen LogP contribution in [0.3, 0.4) is 0 Å². The Hall–Kier alpha value is -2.84. The van der Waals surface area contributed by atoms with Crippen LogP contribution in [-0.2, 0) is 10.3 Å². The molecule has 3 aromatic rings. The van der Waals surface area contributed by atoms with Crippen LogP contribution in [-0.4, -0.2) is 40.7 Å². The Labute approximate surface area is 144 Å². The summed E-state index contributed by atoms with van der Waals surface area (Å²) in [4.78, 5) is 13.2. The van der Waals surface area contributed by atoms with Gasteiger partial charge < -0.3 is 5.32 Å². The van der Waals surface area contributed by atoms with E-state index in [0.717, 1.165) is 37.8 Å². The summed E-state index contributed by atoms with van der Waals surface area (Å²) in [7, 11) is 0. The number of hydrogen-bond donors (Lipinski definition) is 1. The molecular formula is C16H20N8O. The van der Waals surface area contributed by atoms with Gasteiger partial charge in [-0.15, -0.1) is 15.3 Å². The minimum absolute atomic E-state index is 0.0697. The summed E-state index contributed by atoms with van der Waals surface area (Å²) in [6, 6.07) is 5.43. The molecule has 4 rings (SSSR count). The molecule has 1 N–H and O–H groups in total.